The SMILES string of the molecule is Cc1ccc(-c2nc3ccnc(-c4ccc(OCc5ccccc5)cc4)c3cc2-c2ccccc2)cc1. The zero-order valence-corrected chi connectivity index (χ0v) is 20.6. The summed E-state index contributed by atoms with van der Waals surface area (Å²) < 4.78 is 5.99. The molecule has 4 aromatic carbocycles. The van der Waals surface area contributed by atoms with Crippen LogP contribution in [0.1, 0.15) is 11.1 Å². The number of hydrogen-bond donors (Lipinski definition) is 0. The lowest BCUT2D eigenvalue weighted by molar-refractivity contribution is 0.306. The molecule has 0 aliphatic heterocycles. The monoisotopic (exact) mass is 478 g/mol. The molecule has 0 fully saturated rings. The fraction of sp³-hybridized carbons (Fsp3) is 0.0588. The predicted octanol–water partition coefficient (Wildman–Crippen LogP) is 8.52. The van der Waals surface area contributed by atoms with Crippen LogP contribution in [-0.4, -0.2) is 9.97 Å². The number of ether oxygens (including phenoxy) is 1. The highest BCUT2D eigenvalue weighted by Crippen LogP contribution is 2.36. The van der Waals surface area contributed by atoms with E-state index in [1.54, 1.807) is 0 Å². The van der Waals surface area contributed by atoms with Crippen molar-refractivity contribution in [1.82, 2.24) is 9.97 Å². The molecular weight excluding hydrogens is 452 g/mol. The number of nitrogens with zero attached hydrogens (tertiary/aromatic N) is 2. The first-order chi connectivity index (χ1) is 18.2. The van der Waals surface area contributed by atoms with Gasteiger partial charge in [-0.1, -0.05) is 90.5 Å². The van der Waals surface area contributed by atoms with Crippen molar-refractivity contribution < 1.29 is 4.74 Å². The Morgan fingerprint density at radius 3 is 2.00 bits per heavy atom. The van der Waals surface area contributed by atoms with E-state index in [1.807, 2.05) is 48.7 Å². The van der Waals surface area contributed by atoms with Gasteiger partial charge in [-0.3, -0.25) is 4.98 Å². The summed E-state index contributed by atoms with van der Waals surface area (Å²) in [6.45, 7) is 2.64. The van der Waals surface area contributed by atoms with E-state index >= 15 is 0 Å². The zero-order valence-electron chi connectivity index (χ0n) is 20.6. The molecule has 0 aliphatic carbocycles. The predicted molar refractivity (Wildman–Crippen MR) is 151 cm³/mol. The Hall–Kier alpha value is -4.76. The molecule has 37 heavy (non-hydrogen) atoms. The molecule has 3 heteroatoms. The van der Waals surface area contributed by atoms with E-state index in [0.29, 0.717) is 6.61 Å². The Kier molecular flexibility index (Phi) is 6.18. The molecule has 0 atom stereocenters. The Balaban J connectivity index is 1.41. The fourth-order valence-electron chi connectivity index (χ4n) is 4.55. The first-order valence-corrected chi connectivity index (χ1v) is 12.4. The van der Waals surface area contributed by atoms with E-state index in [9.17, 15) is 0 Å². The topological polar surface area (TPSA) is 35.0 Å². The minimum absolute atomic E-state index is 0.541. The molecule has 0 amide bonds. The van der Waals surface area contributed by atoms with Gasteiger partial charge in [0.25, 0.3) is 0 Å². The first-order valence-electron chi connectivity index (χ1n) is 12.4. The molecule has 6 aromatic rings. The second kappa shape index (κ2) is 10.1. The number of pyridine rings is 2. The molecule has 0 saturated carbocycles. The summed E-state index contributed by atoms with van der Waals surface area (Å²) in [7, 11) is 0. The van der Waals surface area contributed by atoms with E-state index in [4.69, 9.17) is 14.7 Å². The standard InChI is InChI=1S/C34H26N2O/c1-24-12-14-28(15-13-24)34-30(26-10-6-3-7-11-26)22-31-32(36-34)20-21-35-33(31)27-16-18-29(19-17-27)37-23-25-8-4-2-5-9-25/h2-22H,23H2,1H3. The van der Waals surface area contributed by atoms with E-state index < -0.39 is 0 Å². The molecule has 178 valence electrons. The van der Waals surface area contributed by atoms with Crippen molar-refractivity contribution in [2.75, 3.05) is 0 Å². The molecule has 0 saturated heterocycles. The molecule has 0 bridgehead atoms. The van der Waals surface area contributed by atoms with Gasteiger partial charge in [-0.15, -0.1) is 0 Å². The van der Waals surface area contributed by atoms with E-state index in [1.165, 1.54) is 5.56 Å². The van der Waals surface area contributed by atoms with Crippen LogP contribution in [0.15, 0.2) is 128 Å². The van der Waals surface area contributed by atoms with Crippen LogP contribution >= 0.6 is 0 Å². The van der Waals surface area contributed by atoms with Crippen LogP contribution in [0.5, 0.6) is 5.75 Å². The highest BCUT2D eigenvalue weighted by Gasteiger charge is 2.15. The lowest BCUT2D eigenvalue weighted by Gasteiger charge is -2.14. The van der Waals surface area contributed by atoms with Crippen LogP contribution in [-0.2, 0) is 6.61 Å². The van der Waals surface area contributed by atoms with Crippen LogP contribution < -0.4 is 4.74 Å². The maximum Gasteiger partial charge on any atom is 0.119 e. The van der Waals surface area contributed by atoms with E-state index in [-0.39, 0.29) is 0 Å². The lowest BCUT2D eigenvalue weighted by atomic mass is 9.96. The fourth-order valence-corrected chi connectivity index (χ4v) is 4.55. The maximum absolute atomic E-state index is 5.99. The summed E-state index contributed by atoms with van der Waals surface area (Å²) in [5, 5.41) is 1.02. The van der Waals surface area contributed by atoms with Crippen molar-refractivity contribution in [3.8, 4) is 39.4 Å². The summed E-state index contributed by atoms with van der Waals surface area (Å²) in [5.74, 6) is 0.831. The van der Waals surface area contributed by atoms with Crippen LogP contribution in [0.2, 0.25) is 0 Å². The molecule has 2 aromatic heterocycles. The summed E-state index contributed by atoms with van der Waals surface area (Å²) >= 11 is 0. The van der Waals surface area contributed by atoms with Gasteiger partial charge in [0.2, 0.25) is 0 Å². The number of hydrogen-bond acceptors (Lipinski definition) is 3. The highest BCUT2D eigenvalue weighted by molar-refractivity contribution is 5.98. The Labute approximate surface area is 217 Å². The third kappa shape index (κ3) is 4.85. The van der Waals surface area contributed by atoms with Crippen LogP contribution in [0, 0.1) is 6.92 Å². The van der Waals surface area contributed by atoms with Crippen LogP contribution in [0.25, 0.3) is 44.5 Å². The zero-order chi connectivity index (χ0) is 25.0. The minimum atomic E-state index is 0.541. The molecule has 2 heterocycles. The Morgan fingerprint density at radius 1 is 0.622 bits per heavy atom. The van der Waals surface area contributed by atoms with Gasteiger partial charge in [-0.25, -0.2) is 4.98 Å². The van der Waals surface area contributed by atoms with Crippen LogP contribution in [0.3, 0.4) is 0 Å². The summed E-state index contributed by atoms with van der Waals surface area (Å²) in [6.07, 6.45) is 1.84. The Morgan fingerprint density at radius 2 is 1.27 bits per heavy atom. The van der Waals surface area contributed by atoms with Gasteiger partial charge in [0.15, 0.2) is 0 Å². The van der Waals surface area contributed by atoms with Crippen molar-refractivity contribution in [2.24, 2.45) is 0 Å². The third-order valence-electron chi connectivity index (χ3n) is 6.53. The van der Waals surface area contributed by atoms with Gasteiger partial charge in [-0.2, -0.15) is 0 Å². The maximum atomic E-state index is 5.99. The number of aryl methyl sites for hydroxylation is 1. The number of aromatic nitrogens is 2. The molecule has 0 spiro atoms. The largest absolute Gasteiger partial charge is 0.489 e. The molecule has 0 N–H and O–H groups in total. The summed E-state index contributed by atoms with van der Waals surface area (Å²) in [6, 6.07) is 41.6. The lowest BCUT2D eigenvalue weighted by Crippen LogP contribution is -1.96. The van der Waals surface area contributed by atoms with Crippen molar-refractivity contribution in [3.63, 3.8) is 0 Å². The van der Waals surface area contributed by atoms with Gasteiger partial charge in [0, 0.05) is 28.3 Å². The number of fused-ring (bicyclic) bond motifs is 1. The van der Waals surface area contributed by atoms with E-state index in [2.05, 4.69) is 85.8 Å². The van der Waals surface area contributed by atoms with Gasteiger partial charge in [-0.05, 0) is 54.4 Å². The van der Waals surface area contributed by atoms with Gasteiger partial charge < -0.3 is 4.74 Å². The second-order valence-corrected chi connectivity index (χ2v) is 9.14. The average molecular weight is 479 g/mol. The van der Waals surface area contributed by atoms with Gasteiger partial charge >= 0.3 is 0 Å². The second-order valence-electron chi connectivity index (χ2n) is 9.14. The molecule has 3 nitrogen and oxygen atoms in total. The number of rotatable bonds is 6. The van der Waals surface area contributed by atoms with Gasteiger partial charge in [0.1, 0.15) is 12.4 Å². The van der Waals surface area contributed by atoms with Crippen LogP contribution in [0.4, 0.5) is 0 Å². The quantitative estimate of drug-likeness (QED) is 0.241. The van der Waals surface area contributed by atoms with E-state index in [0.717, 1.165) is 55.9 Å². The Bertz CT molecular complexity index is 1640. The van der Waals surface area contributed by atoms with Crippen molar-refractivity contribution in [1.29, 1.82) is 0 Å². The smallest absolute Gasteiger partial charge is 0.119 e. The summed E-state index contributed by atoms with van der Waals surface area (Å²) in [5.41, 5.74) is 9.53. The van der Waals surface area contributed by atoms with Crippen molar-refractivity contribution in [3.05, 3.63) is 139 Å². The molecular formula is C34H26N2O. The highest BCUT2D eigenvalue weighted by atomic mass is 16.5. The molecule has 0 aliphatic rings. The number of benzene rings is 4. The molecule has 0 radical (unpaired) electrons. The van der Waals surface area contributed by atoms with Crippen molar-refractivity contribution >= 4 is 10.9 Å². The first kappa shape index (κ1) is 22.7. The molecule has 6 rings (SSSR count). The summed E-state index contributed by atoms with van der Waals surface area (Å²) in [4.78, 5) is 9.92. The average Bonchev–Trinajstić information content (AvgIpc) is 2.97. The normalized spacial score (nSPS) is 10.9. The third-order valence-corrected chi connectivity index (χ3v) is 6.53. The molecule has 0 unspecified atom stereocenters. The minimum Gasteiger partial charge on any atom is -0.489 e. The van der Waals surface area contributed by atoms with Gasteiger partial charge in [0.05, 0.1) is 16.9 Å². The van der Waals surface area contributed by atoms with Crippen molar-refractivity contribution in [2.45, 2.75) is 13.5 Å².